The molecule has 3 N–H and O–H groups in total. The van der Waals surface area contributed by atoms with E-state index in [-0.39, 0.29) is 23.0 Å². The third kappa shape index (κ3) is 3.16. The van der Waals surface area contributed by atoms with Crippen molar-refractivity contribution in [3.05, 3.63) is 42.5 Å². The zero-order chi connectivity index (χ0) is 13.9. The Morgan fingerprint density at radius 3 is 2.84 bits per heavy atom. The SMILES string of the molecule is N=C(N)c1cccc(S(=O)(=O)CCn2cncn2)c1. The first kappa shape index (κ1) is 13.2. The molecule has 0 bridgehead atoms. The van der Waals surface area contributed by atoms with Gasteiger partial charge in [-0.15, -0.1) is 0 Å². The first-order chi connectivity index (χ1) is 8.99. The van der Waals surface area contributed by atoms with Crippen LogP contribution in [0.15, 0.2) is 41.8 Å². The number of aromatic nitrogens is 3. The predicted molar refractivity (Wildman–Crippen MR) is 69.5 cm³/mol. The summed E-state index contributed by atoms with van der Waals surface area (Å²) in [6.45, 7) is 0.229. The lowest BCUT2D eigenvalue weighted by Crippen LogP contribution is -2.15. The van der Waals surface area contributed by atoms with Crippen LogP contribution in [0.1, 0.15) is 5.56 Å². The van der Waals surface area contributed by atoms with E-state index in [1.165, 1.54) is 29.5 Å². The van der Waals surface area contributed by atoms with Gasteiger partial charge in [0.25, 0.3) is 0 Å². The molecule has 0 unspecified atom stereocenters. The normalized spacial score (nSPS) is 11.4. The summed E-state index contributed by atoms with van der Waals surface area (Å²) in [5.74, 6) is -0.245. The molecule has 1 aromatic heterocycles. The lowest BCUT2D eigenvalue weighted by Gasteiger charge is -2.06. The topological polar surface area (TPSA) is 115 Å². The Bertz CT molecular complexity index is 679. The van der Waals surface area contributed by atoms with Gasteiger partial charge in [-0.05, 0) is 12.1 Å². The summed E-state index contributed by atoms with van der Waals surface area (Å²) in [4.78, 5) is 3.90. The molecule has 0 aliphatic carbocycles. The number of hydrogen-bond acceptors (Lipinski definition) is 5. The first-order valence-corrected chi connectivity index (χ1v) is 7.14. The highest BCUT2D eigenvalue weighted by Crippen LogP contribution is 2.13. The van der Waals surface area contributed by atoms with Gasteiger partial charge in [-0.3, -0.25) is 10.1 Å². The summed E-state index contributed by atoms with van der Waals surface area (Å²) in [5, 5.41) is 11.2. The number of nitrogens with zero attached hydrogens (tertiary/aromatic N) is 3. The van der Waals surface area contributed by atoms with Gasteiger partial charge in [0.15, 0.2) is 9.84 Å². The molecule has 0 saturated carbocycles. The summed E-state index contributed by atoms with van der Waals surface area (Å²) in [5.41, 5.74) is 5.73. The van der Waals surface area contributed by atoms with Gasteiger partial charge in [0.05, 0.1) is 17.2 Å². The van der Waals surface area contributed by atoms with Crippen molar-refractivity contribution in [3.8, 4) is 0 Å². The predicted octanol–water partition coefficient (Wildman–Crippen LogP) is 0.0361. The molecule has 100 valence electrons. The van der Waals surface area contributed by atoms with Gasteiger partial charge in [0.1, 0.15) is 18.5 Å². The van der Waals surface area contributed by atoms with Crippen molar-refractivity contribution in [1.82, 2.24) is 14.8 Å². The van der Waals surface area contributed by atoms with Crippen LogP contribution in [0, 0.1) is 5.41 Å². The molecule has 1 aromatic carbocycles. The number of sulfone groups is 1. The monoisotopic (exact) mass is 279 g/mol. The highest BCUT2D eigenvalue weighted by molar-refractivity contribution is 7.91. The van der Waals surface area contributed by atoms with Gasteiger partial charge >= 0.3 is 0 Å². The average molecular weight is 279 g/mol. The summed E-state index contributed by atoms with van der Waals surface area (Å²) in [6, 6.07) is 6.06. The van der Waals surface area contributed by atoms with E-state index in [0.29, 0.717) is 5.56 Å². The Balaban J connectivity index is 2.19. The molecule has 2 aromatic rings. The van der Waals surface area contributed by atoms with Crippen LogP contribution in [-0.4, -0.2) is 34.8 Å². The van der Waals surface area contributed by atoms with Crippen molar-refractivity contribution in [2.24, 2.45) is 5.73 Å². The highest BCUT2D eigenvalue weighted by atomic mass is 32.2. The van der Waals surface area contributed by atoms with E-state index in [0.717, 1.165) is 0 Å². The van der Waals surface area contributed by atoms with E-state index in [9.17, 15) is 8.42 Å². The standard InChI is InChI=1S/C11H13N5O2S/c12-11(13)9-2-1-3-10(6-9)19(17,18)5-4-16-8-14-7-15-16/h1-3,6-8H,4-5H2,(H3,12,13). The molecule has 0 spiro atoms. The van der Waals surface area contributed by atoms with Crippen LogP contribution in [0.5, 0.6) is 0 Å². The molecule has 7 nitrogen and oxygen atoms in total. The Hall–Kier alpha value is -2.22. The highest BCUT2D eigenvalue weighted by Gasteiger charge is 2.15. The number of amidine groups is 1. The van der Waals surface area contributed by atoms with Gasteiger partial charge < -0.3 is 5.73 Å². The minimum atomic E-state index is -3.43. The molecular formula is C11H13N5O2S. The minimum Gasteiger partial charge on any atom is -0.384 e. The smallest absolute Gasteiger partial charge is 0.180 e. The third-order valence-corrected chi connectivity index (χ3v) is 4.25. The van der Waals surface area contributed by atoms with E-state index < -0.39 is 9.84 Å². The molecule has 1 heterocycles. The maximum atomic E-state index is 12.1. The lowest BCUT2D eigenvalue weighted by molar-refractivity contribution is 0.580. The fourth-order valence-corrected chi connectivity index (χ4v) is 2.79. The Morgan fingerprint density at radius 1 is 1.42 bits per heavy atom. The fraction of sp³-hybridized carbons (Fsp3) is 0.182. The van der Waals surface area contributed by atoms with E-state index in [2.05, 4.69) is 10.1 Å². The van der Waals surface area contributed by atoms with Gasteiger partial charge in [0, 0.05) is 5.56 Å². The summed E-state index contributed by atoms with van der Waals surface area (Å²) in [6.07, 6.45) is 2.81. The van der Waals surface area contributed by atoms with Gasteiger partial charge in [-0.25, -0.2) is 13.4 Å². The van der Waals surface area contributed by atoms with Crippen molar-refractivity contribution in [2.75, 3.05) is 5.75 Å². The van der Waals surface area contributed by atoms with Crippen molar-refractivity contribution < 1.29 is 8.42 Å². The second-order valence-electron chi connectivity index (χ2n) is 3.92. The van der Waals surface area contributed by atoms with Crippen LogP contribution in [-0.2, 0) is 16.4 Å². The Morgan fingerprint density at radius 2 is 2.21 bits per heavy atom. The van der Waals surface area contributed by atoms with E-state index in [1.54, 1.807) is 12.1 Å². The third-order valence-electron chi connectivity index (χ3n) is 2.56. The first-order valence-electron chi connectivity index (χ1n) is 5.49. The van der Waals surface area contributed by atoms with Crippen LogP contribution in [0.25, 0.3) is 0 Å². The number of nitrogens with one attached hydrogen (secondary N) is 1. The van der Waals surface area contributed by atoms with Crippen LogP contribution < -0.4 is 5.73 Å². The number of nitrogen functional groups attached to an aromatic ring is 1. The lowest BCUT2D eigenvalue weighted by atomic mass is 10.2. The molecule has 8 heteroatoms. The number of rotatable bonds is 5. The summed E-state index contributed by atoms with van der Waals surface area (Å²) >= 11 is 0. The largest absolute Gasteiger partial charge is 0.384 e. The summed E-state index contributed by atoms with van der Waals surface area (Å²) in [7, 11) is -3.43. The van der Waals surface area contributed by atoms with Crippen molar-refractivity contribution in [2.45, 2.75) is 11.4 Å². The minimum absolute atomic E-state index is 0.0856. The average Bonchev–Trinajstić information content (AvgIpc) is 2.90. The van der Waals surface area contributed by atoms with Crippen LogP contribution in [0.4, 0.5) is 0 Å². The van der Waals surface area contributed by atoms with E-state index in [1.807, 2.05) is 0 Å². The van der Waals surface area contributed by atoms with Crippen LogP contribution in [0.2, 0.25) is 0 Å². The number of nitrogens with two attached hydrogens (primary N) is 1. The van der Waals surface area contributed by atoms with E-state index in [4.69, 9.17) is 11.1 Å². The fourth-order valence-electron chi connectivity index (χ4n) is 1.54. The number of hydrogen-bond donors (Lipinski definition) is 2. The Kier molecular flexibility index (Phi) is 3.61. The molecule has 0 aliphatic heterocycles. The van der Waals surface area contributed by atoms with Crippen molar-refractivity contribution in [3.63, 3.8) is 0 Å². The molecule has 0 amide bonds. The Labute approximate surface area is 110 Å². The van der Waals surface area contributed by atoms with Gasteiger partial charge in [0.2, 0.25) is 0 Å². The molecule has 2 rings (SSSR count). The number of aryl methyl sites for hydroxylation is 1. The van der Waals surface area contributed by atoms with Crippen LogP contribution >= 0.6 is 0 Å². The van der Waals surface area contributed by atoms with Gasteiger partial charge in [-0.2, -0.15) is 5.10 Å². The van der Waals surface area contributed by atoms with Crippen molar-refractivity contribution in [1.29, 1.82) is 5.41 Å². The molecule has 0 radical (unpaired) electrons. The number of benzene rings is 1. The maximum Gasteiger partial charge on any atom is 0.180 e. The second kappa shape index (κ2) is 5.19. The van der Waals surface area contributed by atoms with Crippen LogP contribution in [0.3, 0.4) is 0 Å². The molecular weight excluding hydrogens is 266 g/mol. The zero-order valence-corrected chi connectivity index (χ0v) is 10.8. The maximum absolute atomic E-state index is 12.1. The molecule has 0 saturated heterocycles. The molecule has 0 aliphatic rings. The quantitative estimate of drug-likeness (QED) is 0.592. The second-order valence-corrected chi connectivity index (χ2v) is 6.03. The van der Waals surface area contributed by atoms with Crippen molar-refractivity contribution >= 4 is 15.7 Å². The zero-order valence-electron chi connectivity index (χ0n) is 10.0. The molecule has 0 fully saturated rings. The molecule has 19 heavy (non-hydrogen) atoms. The summed E-state index contributed by atoms with van der Waals surface area (Å²) < 4.78 is 25.7. The molecule has 0 atom stereocenters. The van der Waals surface area contributed by atoms with Gasteiger partial charge in [-0.1, -0.05) is 12.1 Å². The van der Waals surface area contributed by atoms with E-state index >= 15 is 0 Å².